The monoisotopic (exact) mass is 226 g/mol. The van der Waals surface area contributed by atoms with Crippen molar-refractivity contribution in [2.24, 2.45) is 23.7 Å². The van der Waals surface area contributed by atoms with Crippen molar-refractivity contribution in [3.8, 4) is 0 Å². The van der Waals surface area contributed by atoms with Crippen LogP contribution in [0.2, 0.25) is 0 Å². The van der Waals surface area contributed by atoms with Gasteiger partial charge in [-0.2, -0.15) is 10.1 Å². The Morgan fingerprint density at radius 2 is 0.812 bits per heavy atom. The molecule has 0 aromatic carbocycles. The molecule has 0 unspecified atom stereocenters. The Labute approximate surface area is 87.9 Å². The molecule has 84 valence electrons. The van der Waals surface area contributed by atoms with Crippen LogP contribution in [0.15, 0.2) is 0 Å². The number of nitrogens with zero attached hydrogens (tertiary/aromatic N) is 2. The molecule has 3 rings (SSSR count). The molecule has 0 atom stereocenters. The Morgan fingerprint density at radius 3 is 1.00 bits per heavy atom. The third kappa shape index (κ3) is 0.717. The van der Waals surface area contributed by atoms with Crippen LogP contribution in [0.3, 0.4) is 0 Å². The summed E-state index contributed by atoms with van der Waals surface area (Å²) < 4.78 is 0. The third-order valence-corrected chi connectivity index (χ3v) is 3.52. The van der Waals surface area contributed by atoms with Crippen molar-refractivity contribution in [2.45, 2.75) is 0 Å². The molecule has 0 bridgehead atoms. The van der Waals surface area contributed by atoms with Crippen molar-refractivity contribution < 1.29 is 29.6 Å². The van der Waals surface area contributed by atoms with E-state index >= 15 is 0 Å². The summed E-state index contributed by atoms with van der Waals surface area (Å²) in [5.74, 6) is -7.54. The highest BCUT2D eigenvalue weighted by Crippen LogP contribution is 2.55. The lowest BCUT2D eigenvalue weighted by Gasteiger charge is -2.35. The average molecular weight is 226 g/mol. The quantitative estimate of drug-likeness (QED) is 0.364. The molecule has 8 nitrogen and oxygen atoms in total. The van der Waals surface area contributed by atoms with E-state index in [1.54, 1.807) is 0 Å². The summed E-state index contributed by atoms with van der Waals surface area (Å²) in [5, 5.41) is 18.1. The number of carbonyl (C=O) groups is 4. The first-order valence-corrected chi connectivity index (χ1v) is 4.60. The molecule has 4 amide bonds. The minimum absolute atomic E-state index is 0.0457. The Hall–Kier alpha value is -1.80. The van der Waals surface area contributed by atoms with Gasteiger partial charge < -0.3 is 0 Å². The van der Waals surface area contributed by atoms with Gasteiger partial charge in [0.1, 0.15) is 0 Å². The van der Waals surface area contributed by atoms with Crippen molar-refractivity contribution in [3.63, 3.8) is 0 Å². The van der Waals surface area contributed by atoms with Crippen molar-refractivity contribution >= 4 is 23.6 Å². The molecule has 3 fully saturated rings. The molecular weight excluding hydrogens is 220 g/mol. The second kappa shape index (κ2) is 2.47. The Kier molecular flexibility index (Phi) is 1.46. The molecule has 2 aliphatic heterocycles. The van der Waals surface area contributed by atoms with E-state index in [2.05, 4.69) is 0 Å². The minimum atomic E-state index is -1.00. The second-order valence-electron chi connectivity index (χ2n) is 4.08. The van der Waals surface area contributed by atoms with Crippen LogP contribution in [0.1, 0.15) is 0 Å². The van der Waals surface area contributed by atoms with Gasteiger partial charge in [0.15, 0.2) is 0 Å². The number of amides is 4. The number of hydrogen-bond donors (Lipinski definition) is 2. The second-order valence-corrected chi connectivity index (χ2v) is 4.08. The smallest absolute Gasteiger partial charge is 0.258 e. The first-order chi connectivity index (χ1) is 7.46. The molecule has 3 aliphatic rings. The highest BCUT2D eigenvalue weighted by atomic mass is 16.5. The Bertz CT molecular complexity index is 369. The molecule has 2 saturated heterocycles. The number of hydrogen-bond acceptors (Lipinski definition) is 6. The molecule has 16 heavy (non-hydrogen) atoms. The summed E-state index contributed by atoms with van der Waals surface area (Å²) in [7, 11) is 0. The molecule has 0 aromatic rings. The normalized spacial score (nSPS) is 41.4. The predicted octanol–water partition coefficient (Wildman–Crippen LogP) is -2.02. The summed E-state index contributed by atoms with van der Waals surface area (Å²) in [4.78, 5) is 45.5. The maximum atomic E-state index is 11.4. The molecule has 1 aliphatic carbocycles. The number of carbonyl (C=O) groups excluding carboxylic acids is 4. The maximum absolute atomic E-state index is 11.4. The van der Waals surface area contributed by atoms with E-state index in [-0.39, 0.29) is 10.1 Å². The van der Waals surface area contributed by atoms with Gasteiger partial charge in [0, 0.05) is 0 Å². The lowest BCUT2D eigenvalue weighted by Crippen LogP contribution is -2.50. The van der Waals surface area contributed by atoms with E-state index in [4.69, 9.17) is 10.4 Å². The molecule has 0 aromatic heterocycles. The molecule has 1 saturated carbocycles. The van der Waals surface area contributed by atoms with Gasteiger partial charge in [-0.3, -0.25) is 29.6 Å². The van der Waals surface area contributed by atoms with Gasteiger partial charge in [-0.15, -0.1) is 0 Å². The van der Waals surface area contributed by atoms with E-state index in [0.717, 1.165) is 0 Å². The van der Waals surface area contributed by atoms with Crippen molar-refractivity contribution in [3.05, 3.63) is 0 Å². The third-order valence-electron chi connectivity index (χ3n) is 3.52. The van der Waals surface area contributed by atoms with Crippen LogP contribution in [0.25, 0.3) is 0 Å². The Balaban J connectivity index is 2.04. The van der Waals surface area contributed by atoms with E-state index in [9.17, 15) is 19.2 Å². The van der Waals surface area contributed by atoms with Gasteiger partial charge in [0.05, 0.1) is 23.7 Å². The lowest BCUT2D eigenvalue weighted by atomic mass is 9.59. The zero-order valence-corrected chi connectivity index (χ0v) is 7.73. The fourth-order valence-corrected chi connectivity index (χ4v) is 2.76. The highest BCUT2D eigenvalue weighted by Gasteiger charge is 2.73. The van der Waals surface area contributed by atoms with Crippen LogP contribution in [-0.4, -0.2) is 44.2 Å². The summed E-state index contributed by atoms with van der Waals surface area (Å²) >= 11 is 0. The number of imide groups is 2. The van der Waals surface area contributed by atoms with Crippen LogP contribution in [0.5, 0.6) is 0 Å². The molecular formula is C8H6N2O6. The average Bonchev–Trinajstić information content (AvgIpc) is 2.49. The maximum Gasteiger partial charge on any atom is 0.258 e. The summed E-state index contributed by atoms with van der Waals surface area (Å²) in [6.07, 6.45) is 0. The standard InChI is InChI=1S/C8H6N2O6/c11-5-1-2(6(12)9(5)15)4-3(1)7(13)10(16)8(4)14/h1-4,15-16H. The molecule has 2 N–H and O–H groups in total. The fraction of sp³-hybridized carbons (Fsp3) is 0.500. The van der Waals surface area contributed by atoms with Crippen LogP contribution in [-0.2, 0) is 19.2 Å². The van der Waals surface area contributed by atoms with Crippen LogP contribution in [0.4, 0.5) is 0 Å². The first-order valence-electron chi connectivity index (χ1n) is 4.60. The lowest BCUT2D eigenvalue weighted by molar-refractivity contribution is -0.177. The number of rotatable bonds is 0. The number of hydroxylamine groups is 4. The first kappa shape index (κ1) is 9.43. The van der Waals surface area contributed by atoms with E-state index in [1.807, 2.05) is 0 Å². The molecule has 0 spiro atoms. The van der Waals surface area contributed by atoms with Gasteiger partial charge in [-0.05, 0) is 0 Å². The van der Waals surface area contributed by atoms with Crippen LogP contribution >= 0.6 is 0 Å². The van der Waals surface area contributed by atoms with E-state index in [1.165, 1.54) is 0 Å². The van der Waals surface area contributed by atoms with Crippen molar-refractivity contribution in [2.75, 3.05) is 0 Å². The Morgan fingerprint density at radius 1 is 0.625 bits per heavy atom. The van der Waals surface area contributed by atoms with Gasteiger partial charge in [-0.25, -0.2) is 0 Å². The van der Waals surface area contributed by atoms with Crippen LogP contribution < -0.4 is 0 Å². The molecule has 2 heterocycles. The summed E-state index contributed by atoms with van der Waals surface area (Å²) in [5.41, 5.74) is 0. The van der Waals surface area contributed by atoms with Crippen molar-refractivity contribution in [1.82, 2.24) is 10.1 Å². The van der Waals surface area contributed by atoms with Gasteiger partial charge >= 0.3 is 0 Å². The highest BCUT2D eigenvalue weighted by molar-refractivity contribution is 6.16. The van der Waals surface area contributed by atoms with Gasteiger partial charge in [0.2, 0.25) is 0 Å². The predicted molar refractivity (Wildman–Crippen MR) is 41.2 cm³/mol. The zero-order chi connectivity index (χ0) is 11.8. The van der Waals surface area contributed by atoms with E-state index in [0.29, 0.717) is 0 Å². The number of fused-ring (bicyclic) bond motifs is 4. The topological polar surface area (TPSA) is 115 Å². The van der Waals surface area contributed by atoms with Crippen molar-refractivity contribution in [1.29, 1.82) is 0 Å². The SMILES string of the molecule is O=C1C2C(C(=O)N1O)C1C(=O)N(O)C(=O)C21. The summed E-state index contributed by atoms with van der Waals surface area (Å²) in [6.45, 7) is 0. The fourth-order valence-electron chi connectivity index (χ4n) is 2.76. The largest absolute Gasteiger partial charge is 0.278 e. The minimum Gasteiger partial charge on any atom is -0.278 e. The van der Waals surface area contributed by atoms with Crippen LogP contribution in [0, 0.1) is 23.7 Å². The molecule has 8 heteroatoms. The molecule has 0 radical (unpaired) electrons. The summed E-state index contributed by atoms with van der Waals surface area (Å²) in [6, 6.07) is 0. The van der Waals surface area contributed by atoms with E-state index < -0.39 is 47.3 Å². The van der Waals surface area contributed by atoms with Gasteiger partial charge in [0.25, 0.3) is 23.6 Å². The zero-order valence-electron chi connectivity index (χ0n) is 7.73. The van der Waals surface area contributed by atoms with Gasteiger partial charge in [-0.1, -0.05) is 0 Å².